The first-order valence-corrected chi connectivity index (χ1v) is 16.5. The Morgan fingerprint density at radius 2 is 1.76 bits per heavy atom. The van der Waals surface area contributed by atoms with Crippen LogP contribution in [0.3, 0.4) is 0 Å². The van der Waals surface area contributed by atoms with E-state index in [-0.39, 0.29) is 5.82 Å². The van der Waals surface area contributed by atoms with Crippen molar-refractivity contribution in [3.63, 3.8) is 0 Å². The predicted molar refractivity (Wildman–Crippen MR) is 197 cm³/mol. The van der Waals surface area contributed by atoms with Crippen molar-refractivity contribution in [2.45, 2.75) is 53.2 Å². The molecule has 0 aliphatic rings. The third-order valence-corrected chi connectivity index (χ3v) is 8.33. The van der Waals surface area contributed by atoms with Crippen molar-refractivity contribution < 1.29 is 19.1 Å². The Morgan fingerprint density at radius 1 is 0.961 bits per heavy atom. The standard InChI is InChI=1S/C40H39N7O4/c1-24-18-20-47-34(21-24)45-36(29-11-16-35(50-8)42-23-29)37(47)31-13-15-33(44-38(48)26(3)46(7)39(49)51-40(4,5)6)43-32(31)14-10-27-9-12-30-25(2)41-19-17-28(30)22-27/h9,11-13,15-23,26H,1-8H3,(H,43,44,48). The Morgan fingerprint density at radius 3 is 2.49 bits per heavy atom. The SMILES string of the molecule is COc1ccc(-c2nc3cc(C)ccn3c2-c2ccc(NC(=O)C(C)N(C)C(=O)OC(C)(C)C)nc2C#Cc2ccc3c(C)nccc3c2)cn1. The van der Waals surface area contributed by atoms with Crippen LogP contribution in [0.2, 0.25) is 0 Å². The van der Waals surface area contributed by atoms with Gasteiger partial charge in [-0.05, 0) is 107 Å². The number of aromatic nitrogens is 5. The van der Waals surface area contributed by atoms with Gasteiger partial charge in [-0.1, -0.05) is 12.0 Å². The number of carbonyl (C=O) groups excluding carboxylic acids is 2. The number of methoxy groups -OCH3 is 1. The maximum Gasteiger partial charge on any atom is 0.410 e. The molecule has 6 aromatic rings. The summed E-state index contributed by atoms with van der Waals surface area (Å²) in [7, 11) is 3.09. The molecule has 2 amide bonds. The van der Waals surface area contributed by atoms with Crippen molar-refractivity contribution >= 4 is 34.2 Å². The number of anilines is 1. The van der Waals surface area contributed by atoms with Crippen molar-refractivity contribution in [3.05, 3.63) is 102 Å². The molecule has 1 N–H and O–H groups in total. The fraction of sp³-hybridized carbons (Fsp3) is 0.250. The Kier molecular flexibility index (Phi) is 9.44. The molecule has 1 aromatic carbocycles. The van der Waals surface area contributed by atoms with Gasteiger partial charge < -0.3 is 14.8 Å². The van der Waals surface area contributed by atoms with Gasteiger partial charge in [-0.3, -0.25) is 19.1 Å². The van der Waals surface area contributed by atoms with E-state index in [0.717, 1.165) is 44.5 Å². The Labute approximate surface area is 296 Å². The molecule has 51 heavy (non-hydrogen) atoms. The highest BCUT2D eigenvalue weighted by Crippen LogP contribution is 2.35. The molecule has 5 aromatic heterocycles. The van der Waals surface area contributed by atoms with Crippen LogP contribution in [-0.2, 0) is 9.53 Å². The summed E-state index contributed by atoms with van der Waals surface area (Å²) in [6, 6.07) is 18.4. The number of aryl methyl sites for hydroxylation is 2. The van der Waals surface area contributed by atoms with Crippen LogP contribution >= 0.6 is 0 Å². The van der Waals surface area contributed by atoms with Gasteiger partial charge in [-0.25, -0.2) is 19.7 Å². The molecule has 0 aliphatic carbocycles. The summed E-state index contributed by atoms with van der Waals surface area (Å²) >= 11 is 0. The number of ether oxygens (including phenoxy) is 2. The molecule has 11 heteroatoms. The van der Waals surface area contributed by atoms with Crippen LogP contribution in [0, 0.1) is 25.7 Å². The van der Waals surface area contributed by atoms with Crippen molar-refractivity contribution in [3.8, 4) is 40.2 Å². The van der Waals surface area contributed by atoms with Gasteiger partial charge in [0.15, 0.2) is 0 Å². The largest absolute Gasteiger partial charge is 0.481 e. The van der Waals surface area contributed by atoms with E-state index in [1.807, 2.05) is 73.0 Å². The predicted octanol–water partition coefficient (Wildman–Crippen LogP) is 7.23. The first-order chi connectivity index (χ1) is 24.3. The zero-order valence-corrected chi connectivity index (χ0v) is 29.9. The molecule has 0 spiro atoms. The van der Waals surface area contributed by atoms with Crippen LogP contribution in [0.15, 0.2) is 79.3 Å². The molecule has 11 nitrogen and oxygen atoms in total. The Bertz CT molecular complexity index is 2350. The quantitative estimate of drug-likeness (QED) is 0.183. The number of hydrogen-bond acceptors (Lipinski definition) is 8. The molecule has 0 saturated carbocycles. The number of likely N-dealkylation sites (N-methyl/N-ethyl adjacent to an activating group) is 1. The van der Waals surface area contributed by atoms with Gasteiger partial charge in [0.1, 0.15) is 28.8 Å². The molecular weight excluding hydrogens is 642 g/mol. The number of pyridine rings is 4. The fourth-order valence-electron chi connectivity index (χ4n) is 5.50. The topological polar surface area (TPSA) is 124 Å². The second kappa shape index (κ2) is 13.9. The zero-order valence-electron chi connectivity index (χ0n) is 29.9. The molecule has 0 saturated heterocycles. The number of benzene rings is 1. The van der Waals surface area contributed by atoms with Gasteiger partial charge in [0.25, 0.3) is 0 Å². The summed E-state index contributed by atoms with van der Waals surface area (Å²) < 4.78 is 12.8. The molecule has 0 radical (unpaired) electrons. The lowest BCUT2D eigenvalue weighted by Crippen LogP contribution is -2.45. The number of amides is 2. The number of hydrogen-bond donors (Lipinski definition) is 1. The third-order valence-electron chi connectivity index (χ3n) is 8.33. The smallest absolute Gasteiger partial charge is 0.410 e. The van der Waals surface area contributed by atoms with E-state index in [2.05, 4.69) is 27.1 Å². The Hall–Kier alpha value is -6.28. The first kappa shape index (κ1) is 34.6. The number of imidazole rings is 1. The van der Waals surface area contributed by atoms with Crippen LogP contribution in [-0.4, -0.2) is 67.0 Å². The average Bonchev–Trinajstić information content (AvgIpc) is 3.47. The monoisotopic (exact) mass is 681 g/mol. The third kappa shape index (κ3) is 7.50. The number of nitrogens with one attached hydrogen (secondary N) is 1. The minimum Gasteiger partial charge on any atom is -0.481 e. The molecule has 1 atom stereocenters. The van der Waals surface area contributed by atoms with Crippen LogP contribution in [0.4, 0.5) is 10.6 Å². The number of rotatable bonds is 6. The van der Waals surface area contributed by atoms with Crippen molar-refractivity contribution in [2.75, 3.05) is 19.5 Å². The lowest BCUT2D eigenvalue weighted by molar-refractivity contribution is -0.120. The van der Waals surface area contributed by atoms with Crippen LogP contribution in [0.5, 0.6) is 5.88 Å². The molecule has 0 fully saturated rings. The van der Waals surface area contributed by atoms with Crippen molar-refractivity contribution in [2.24, 2.45) is 0 Å². The summed E-state index contributed by atoms with van der Waals surface area (Å²) in [6.45, 7) is 10.9. The van der Waals surface area contributed by atoms with Gasteiger partial charge in [0.05, 0.1) is 18.5 Å². The molecular formula is C40H39N7O4. The summed E-state index contributed by atoms with van der Waals surface area (Å²) in [5.41, 5.74) is 6.14. The van der Waals surface area contributed by atoms with Gasteiger partial charge >= 0.3 is 6.09 Å². The van der Waals surface area contributed by atoms with E-state index < -0.39 is 23.6 Å². The molecule has 1 unspecified atom stereocenters. The molecule has 258 valence electrons. The molecule has 0 aliphatic heterocycles. The minimum atomic E-state index is -0.845. The van der Waals surface area contributed by atoms with E-state index in [4.69, 9.17) is 19.4 Å². The summed E-state index contributed by atoms with van der Waals surface area (Å²) in [4.78, 5) is 46.1. The van der Waals surface area contributed by atoms with Crippen LogP contribution in [0.1, 0.15) is 50.2 Å². The van der Waals surface area contributed by atoms with Gasteiger partial charge in [-0.15, -0.1) is 0 Å². The highest BCUT2D eigenvalue weighted by molar-refractivity contribution is 5.96. The highest BCUT2D eigenvalue weighted by Gasteiger charge is 2.28. The number of nitrogens with zero attached hydrogens (tertiary/aromatic N) is 6. The summed E-state index contributed by atoms with van der Waals surface area (Å²) in [5, 5.41) is 4.94. The molecule has 5 heterocycles. The minimum absolute atomic E-state index is 0.273. The van der Waals surface area contributed by atoms with Crippen molar-refractivity contribution in [1.82, 2.24) is 29.2 Å². The van der Waals surface area contributed by atoms with Crippen molar-refractivity contribution in [1.29, 1.82) is 0 Å². The van der Waals surface area contributed by atoms with E-state index in [1.165, 1.54) is 11.9 Å². The molecule has 0 bridgehead atoms. The van der Waals surface area contributed by atoms with E-state index in [9.17, 15) is 9.59 Å². The van der Waals surface area contributed by atoms with Gasteiger partial charge in [0.2, 0.25) is 11.8 Å². The van der Waals surface area contributed by atoms with Gasteiger partial charge in [0, 0.05) is 59.5 Å². The summed E-state index contributed by atoms with van der Waals surface area (Å²) in [6.07, 6.45) is 4.86. The second-order valence-electron chi connectivity index (χ2n) is 13.3. The van der Waals surface area contributed by atoms with Crippen LogP contribution in [0.25, 0.3) is 38.9 Å². The zero-order chi connectivity index (χ0) is 36.4. The lowest BCUT2D eigenvalue weighted by Gasteiger charge is -2.28. The lowest BCUT2D eigenvalue weighted by atomic mass is 10.0. The normalized spacial score (nSPS) is 11.8. The van der Waals surface area contributed by atoms with E-state index in [1.54, 1.807) is 59.3 Å². The number of fused-ring (bicyclic) bond motifs is 2. The van der Waals surface area contributed by atoms with Crippen LogP contribution < -0.4 is 10.1 Å². The Balaban J connectivity index is 1.46. The number of carbonyl (C=O) groups is 2. The fourth-order valence-corrected chi connectivity index (χ4v) is 5.50. The molecule has 6 rings (SSSR count). The first-order valence-electron chi connectivity index (χ1n) is 16.5. The van der Waals surface area contributed by atoms with E-state index in [0.29, 0.717) is 22.8 Å². The second-order valence-corrected chi connectivity index (χ2v) is 13.3. The maximum absolute atomic E-state index is 13.4. The van der Waals surface area contributed by atoms with E-state index >= 15 is 0 Å². The average molecular weight is 682 g/mol. The maximum atomic E-state index is 13.4. The highest BCUT2D eigenvalue weighted by atomic mass is 16.6. The summed E-state index contributed by atoms with van der Waals surface area (Å²) in [5.74, 6) is 6.91. The van der Waals surface area contributed by atoms with Gasteiger partial charge in [-0.2, -0.15) is 0 Å².